The molecule has 2 aromatic rings. The summed E-state index contributed by atoms with van der Waals surface area (Å²) < 4.78 is 42.2. The molecule has 5 nitrogen and oxygen atoms in total. The molecule has 24 heavy (non-hydrogen) atoms. The maximum Gasteiger partial charge on any atom is 0.262 e. The van der Waals surface area contributed by atoms with Crippen LogP contribution in [0.2, 0.25) is 0 Å². The van der Waals surface area contributed by atoms with Crippen LogP contribution in [0.5, 0.6) is 0 Å². The van der Waals surface area contributed by atoms with Crippen LogP contribution < -0.4 is 0 Å². The summed E-state index contributed by atoms with van der Waals surface area (Å²) in [7, 11) is -1.79. The van der Waals surface area contributed by atoms with E-state index in [0.29, 0.717) is 25.1 Å². The quantitative estimate of drug-likeness (QED) is 0.832. The average Bonchev–Trinajstić information content (AvgIpc) is 3.02. The van der Waals surface area contributed by atoms with Crippen molar-refractivity contribution in [3.05, 3.63) is 48.2 Å². The van der Waals surface area contributed by atoms with Crippen molar-refractivity contribution in [2.75, 3.05) is 13.1 Å². The molecule has 7 heteroatoms. The molecule has 0 radical (unpaired) electrons. The van der Waals surface area contributed by atoms with Crippen LogP contribution in [-0.4, -0.2) is 35.4 Å². The zero-order valence-electron chi connectivity index (χ0n) is 13.7. The van der Waals surface area contributed by atoms with E-state index in [2.05, 4.69) is 4.98 Å². The molecule has 3 rings (SSSR count). The fourth-order valence-corrected chi connectivity index (χ4v) is 4.72. The van der Waals surface area contributed by atoms with Gasteiger partial charge in [-0.25, -0.2) is 17.8 Å². The number of piperidine rings is 1. The Kier molecular flexibility index (Phi) is 5.01. The summed E-state index contributed by atoms with van der Waals surface area (Å²) in [6.45, 7) is 1.00. The first-order valence-electron chi connectivity index (χ1n) is 8.18. The number of hydrogen-bond acceptors (Lipinski definition) is 3. The van der Waals surface area contributed by atoms with E-state index in [4.69, 9.17) is 0 Å². The van der Waals surface area contributed by atoms with Crippen molar-refractivity contribution in [3.8, 4) is 0 Å². The SMILES string of the molecule is Cn1cnc(S(=O)(=O)N2CCC[C@H](CCc3ccccc3F)C2)c1. The van der Waals surface area contributed by atoms with E-state index in [9.17, 15) is 12.8 Å². The van der Waals surface area contributed by atoms with Gasteiger partial charge in [-0.1, -0.05) is 18.2 Å². The summed E-state index contributed by atoms with van der Waals surface area (Å²) >= 11 is 0. The summed E-state index contributed by atoms with van der Waals surface area (Å²) in [6.07, 6.45) is 6.24. The molecule has 130 valence electrons. The summed E-state index contributed by atoms with van der Waals surface area (Å²) in [5.41, 5.74) is 0.696. The molecule has 1 aromatic carbocycles. The average molecular weight is 351 g/mol. The maximum atomic E-state index is 13.7. The maximum absolute atomic E-state index is 13.7. The number of hydrogen-bond donors (Lipinski definition) is 0. The Morgan fingerprint density at radius 3 is 2.83 bits per heavy atom. The van der Waals surface area contributed by atoms with E-state index in [0.717, 1.165) is 19.3 Å². The second-order valence-corrected chi connectivity index (χ2v) is 8.26. The van der Waals surface area contributed by atoms with Crippen molar-refractivity contribution >= 4 is 10.0 Å². The predicted octanol–water partition coefficient (Wildman–Crippen LogP) is 2.59. The van der Waals surface area contributed by atoms with Gasteiger partial charge in [-0.3, -0.25) is 0 Å². The van der Waals surface area contributed by atoms with Crippen molar-refractivity contribution in [2.24, 2.45) is 13.0 Å². The second-order valence-electron chi connectivity index (χ2n) is 6.38. The zero-order valence-corrected chi connectivity index (χ0v) is 14.5. The number of sulfonamides is 1. The van der Waals surface area contributed by atoms with Crippen LogP contribution in [0.25, 0.3) is 0 Å². The molecule has 1 aliphatic heterocycles. The highest BCUT2D eigenvalue weighted by Gasteiger charge is 2.31. The van der Waals surface area contributed by atoms with Crippen LogP contribution in [0.1, 0.15) is 24.8 Å². The fourth-order valence-electron chi connectivity index (χ4n) is 3.20. The molecule has 0 N–H and O–H groups in total. The van der Waals surface area contributed by atoms with Gasteiger partial charge in [0.05, 0.1) is 6.33 Å². The van der Waals surface area contributed by atoms with Gasteiger partial charge < -0.3 is 4.57 Å². The lowest BCUT2D eigenvalue weighted by Crippen LogP contribution is -2.40. The molecule has 1 fully saturated rings. The van der Waals surface area contributed by atoms with Crippen molar-refractivity contribution in [1.82, 2.24) is 13.9 Å². The summed E-state index contributed by atoms with van der Waals surface area (Å²) in [4.78, 5) is 3.98. The van der Waals surface area contributed by atoms with Crippen LogP contribution in [0.4, 0.5) is 4.39 Å². The predicted molar refractivity (Wildman–Crippen MR) is 89.4 cm³/mol. The zero-order chi connectivity index (χ0) is 17.2. The molecule has 0 unspecified atom stereocenters. The van der Waals surface area contributed by atoms with E-state index in [-0.39, 0.29) is 16.8 Å². The van der Waals surface area contributed by atoms with E-state index in [1.54, 1.807) is 23.7 Å². The number of aryl methyl sites for hydroxylation is 2. The molecule has 0 bridgehead atoms. The topological polar surface area (TPSA) is 55.2 Å². The lowest BCUT2D eigenvalue weighted by atomic mass is 9.92. The van der Waals surface area contributed by atoms with Crippen LogP contribution >= 0.6 is 0 Å². The minimum atomic E-state index is -3.54. The Balaban J connectivity index is 1.65. The van der Waals surface area contributed by atoms with Crippen molar-refractivity contribution in [2.45, 2.75) is 30.7 Å². The molecular formula is C17H22FN3O2S. The Labute approximate surface area is 142 Å². The standard InChI is InChI=1S/C17H22FN3O2S/c1-20-12-17(19-13-20)24(22,23)21-10-4-5-14(11-21)8-9-15-6-2-3-7-16(15)18/h2-3,6-7,12-14H,4-5,8-11H2,1H3/t14-/m1/s1. The molecule has 0 amide bonds. The molecule has 0 spiro atoms. The van der Waals surface area contributed by atoms with Crippen LogP contribution in [-0.2, 0) is 23.5 Å². The molecule has 1 atom stereocenters. The number of nitrogens with zero attached hydrogens (tertiary/aromatic N) is 3. The van der Waals surface area contributed by atoms with Crippen molar-refractivity contribution in [3.63, 3.8) is 0 Å². The fraction of sp³-hybridized carbons (Fsp3) is 0.471. The Morgan fingerprint density at radius 1 is 1.33 bits per heavy atom. The van der Waals surface area contributed by atoms with Gasteiger partial charge in [-0.2, -0.15) is 4.31 Å². The van der Waals surface area contributed by atoms with E-state index >= 15 is 0 Å². The van der Waals surface area contributed by atoms with Gasteiger partial charge in [0, 0.05) is 26.3 Å². The highest BCUT2D eigenvalue weighted by Crippen LogP contribution is 2.26. The van der Waals surface area contributed by atoms with Crippen LogP contribution in [0.15, 0.2) is 41.8 Å². The first-order chi connectivity index (χ1) is 11.5. The highest BCUT2D eigenvalue weighted by atomic mass is 32.2. The smallest absolute Gasteiger partial charge is 0.262 e. The molecular weight excluding hydrogens is 329 g/mol. The molecule has 0 aliphatic carbocycles. The molecule has 0 saturated carbocycles. The van der Waals surface area contributed by atoms with Crippen LogP contribution in [0, 0.1) is 11.7 Å². The number of halogens is 1. The summed E-state index contributed by atoms with van der Waals surface area (Å²) in [5, 5.41) is 0.0970. The molecule has 2 heterocycles. The van der Waals surface area contributed by atoms with Crippen molar-refractivity contribution in [1.29, 1.82) is 0 Å². The van der Waals surface area contributed by atoms with Gasteiger partial charge in [-0.05, 0) is 43.2 Å². The number of rotatable bonds is 5. The minimum Gasteiger partial charge on any atom is -0.339 e. The first-order valence-corrected chi connectivity index (χ1v) is 9.62. The normalized spacial score (nSPS) is 19.5. The second kappa shape index (κ2) is 7.03. The lowest BCUT2D eigenvalue weighted by molar-refractivity contribution is 0.255. The lowest BCUT2D eigenvalue weighted by Gasteiger charge is -2.31. The first kappa shape index (κ1) is 17.1. The van der Waals surface area contributed by atoms with Gasteiger partial charge in [0.25, 0.3) is 10.0 Å². The third kappa shape index (κ3) is 3.67. The Hall–Kier alpha value is -1.73. The Bertz CT molecular complexity index is 804. The number of benzene rings is 1. The van der Waals surface area contributed by atoms with E-state index < -0.39 is 10.0 Å². The largest absolute Gasteiger partial charge is 0.339 e. The number of imidazole rings is 1. The van der Waals surface area contributed by atoms with Gasteiger partial charge in [0.15, 0.2) is 5.03 Å². The van der Waals surface area contributed by atoms with Gasteiger partial charge in [0.2, 0.25) is 0 Å². The Morgan fingerprint density at radius 2 is 2.12 bits per heavy atom. The molecule has 1 saturated heterocycles. The van der Waals surface area contributed by atoms with E-state index in [1.807, 2.05) is 6.07 Å². The van der Waals surface area contributed by atoms with Gasteiger partial charge in [-0.15, -0.1) is 0 Å². The van der Waals surface area contributed by atoms with Crippen LogP contribution in [0.3, 0.4) is 0 Å². The molecule has 1 aliphatic rings. The van der Waals surface area contributed by atoms with Crippen molar-refractivity contribution < 1.29 is 12.8 Å². The summed E-state index contributed by atoms with van der Waals surface area (Å²) in [6, 6.07) is 6.77. The summed E-state index contributed by atoms with van der Waals surface area (Å²) in [5.74, 6) is 0.0584. The third-order valence-electron chi connectivity index (χ3n) is 4.55. The highest BCUT2D eigenvalue weighted by molar-refractivity contribution is 7.89. The third-order valence-corrected chi connectivity index (χ3v) is 6.30. The van der Waals surface area contributed by atoms with Gasteiger partial charge in [0.1, 0.15) is 5.82 Å². The minimum absolute atomic E-state index is 0.0970. The molecule has 1 aromatic heterocycles. The number of aromatic nitrogens is 2. The van der Waals surface area contributed by atoms with Gasteiger partial charge >= 0.3 is 0 Å². The monoisotopic (exact) mass is 351 g/mol. The van der Waals surface area contributed by atoms with E-state index in [1.165, 1.54) is 22.9 Å².